The lowest BCUT2D eigenvalue weighted by molar-refractivity contribution is 0.0893. The van der Waals surface area contributed by atoms with Gasteiger partial charge in [0.1, 0.15) is 0 Å². The van der Waals surface area contributed by atoms with Crippen molar-refractivity contribution in [2.45, 2.75) is 39.0 Å². The second kappa shape index (κ2) is 4.81. The highest BCUT2D eigenvalue weighted by Crippen LogP contribution is 2.35. The highest BCUT2D eigenvalue weighted by molar-refractivity contribution is 7.21. The third-order valence-electron chi connectivity index (χ3n) is 3.94. The van der Waals surface area contributed by atoms with Gasteiger partial charge in [0.25, 0.3) is 0 Å². The smallest absolute Gasteiger partial charge is 0.176 e. The van der Waals surface area contributed by atoms with Crippen LogP contribution in [0.2, 0.25) is 0 Å². The normalized spacial score (nSPS) is 17.2. The van der Waals surface area contributed by atoms with Crippen LogP contribution in [0.25, 0.3) is 10.1 Å². The molecule has 0 amide bonds. The zero-order valence-corrected chi connectivity index (χ0v) is 11.4. The number of pyridine rings is 1. The topological polar surface area (TPSA) is 30.0 Å². The Kier molecular flexibility index (Phi) is 3.16. The molecule has 0 spiro atoms. The minimum absolute atomic E-state index is 0.262. The number of hydrogen-bond donors (Lipinski definition) is 0. The number of thiophene rings is 1. The third-order valence-corrected chi connectivity index (χ3v) is 5.22. The van der Waals surface area contributed by atoms with E-state index < -0.39 is 0 Å². The van der Waals surface area contributed by atoms with Crippen LogP contribution in [0.15, 0.2) is 18.5 Å². The number of Topliss-reactive ketones (excluding diaryl/α,β-unsaturated/α-hetero) is 1. The molecule has 0 aliphatic heterocycles. The molecule has 2 aromatic rings. The van der Waals surface area contributed by atoms with Gasteiger partial charge in [-0.15, -0.1) is 11.3 Å². The second-order valence-corrected chi connectivity index (χ2v) is 6.18. The Morgan fingerprint density at radius 1 is 1.33 bits per heavy atom. The fourth-order valence-electron chi connectivity index (χ4n) is 2.85. The summed E-state index contributed by atoms with van der Waals surface area (Å²) in [5.74, 6) is 0.631. The van der Waals surface area contributed by atoms with Gasteiger partial charge in [0.15, 0.2) is 5.78 Å². The first kappa shape index (κ1) is 11.8. The molecule has 0 saturated heterocycles. The molecule has 18 heavy (non-hydrogen) atoms. The number of aryl methyl sites for hydroxylation is 1. The van der Waals surface area contributed by atoms with E-state index in [9.17, 15) is 4.79 Å². The Morgan fingerprint density at radius 2 is 2.11 bits per heavy atom. The summed E-state index contributed by atoms with van der Waals surface area (Å²) in [6, 6.07) is 2.00. The molecule has 0 N–H and O–H groups in total. The second-order valence-electron chi connectivity index (χ2n) is 5.13. The van der Waals surface area contributed by atoms with Crippen LogP contribution >= 0.6 is 11.3 Å². The maximum atomic E-state index is 12.6. The summed E-state index contributed by atoms with van der Waals surface area (Å²) in [6.45, 7) is 2.05. The molecule has 94 valence electrons. The van der Waals surface area contributed by atoms with Gasteiger partial charge in [0.2, 0.25) is 0 Å². The van der Waals surface area contributed by atoms with Gasteiger partial charge in [0, 0.05) is 28.4 Å². The summed E-state index contributed by atoms with van der Waals surface area (Å²) >= 11 is 1.64. The molecule has 3 heteroatoms. The first-order chi connectivity index (χ1) is 8.77. The molecule has 2 nitrogen and oxygen atoms in total. The Labute approximate surface area is 111 Å². The molecule has 1 aliphatic rings. The van der Waals surface area contributed by atoms with E-state index in [0.29, 0.717) is 5.78 Å². The monoisotopic (exact) mass is 259 g/mol. The first-order valence-corrected chi connectivity index (χ1v) is 7.46. The van der Waals surface area contributed by atoms with Crippen molar-refractivity contribution in [3.8, 4) is 0 Å². The Hall–Kier alpha value is -1.22. The quantitative estimate of drug-likeness (QED) is 0.750. The van der Waals surface area contributed by atoms with Crippen LogP contribution in [0, 0.1) is 12.8 Å². The number of nitrogens with zero attached hydrogens (tertiary/aromatic N) is 1. The number of rotatable bonds is 2. The van der Waals surface area contributed by atoms with Crippen LogP contribution in [0.3, 0.4) is 0 Å². The molecule has 0 bridgehead atoms. The Morgan fingerprint density at radius 3 is 2.83 bits per heavy atom. The molecule has 3 rings (SSSR count). The van der Waals surface area contributed by atoms with E-state index >= 15 is 0 Å². The van der Waals surface area contributed by atoms with Crippen molar-refractivity contribution >= 4 is 27.2 Å². The van der Waals surface area contributed by atoms with Gasteiger partial charge in [-0.05, 0) is 31.4 Å². The lowest BCUT2D eigenvalue weighted by Crippen LogP contribution is -2.17. The van der Waals surface area contributed by atoms with Crippen LogP contribution in [-0.4, -0.2) is 10.8 Å². The third kappa shape index (κ3) is 1.97. The number of fused-ring (bicyclic) bond motifs is 1. The summed E-state index contributed by atoms with van der Waals surface area (Å²) in [4.78, 5) is 17.7. The highest BCUT2D eigenvalue weighted by Gasteiger charge is 2.25. The molecule has 0 aromatic carbocycles. The van der Waals surface area contributed by atoms with Crippen molar-refractivity contribution in [1.29, 1.82) is 0 Å². The standard InChI is InChI=1S/C15H17NOS/c1-10-12-9-16-8-7-13(12)18-15(10)14(17)11-5-3-2-4-6-11/h7-9,11H,2-6H2,1H3. The van der Waals surface area contributed by atoms with E-state index in [1.165, 1.54) is 24.0 Å². The van der Waals surface area contributed by atoms with E-state index in [1.807, 2.05) is 12.3 Å². The average molecular weight is 259 g/mol. The van der Waals surface area contributed by atoms with Crippen LogP contribution in [0.5, 0.6) is 0 Å². The van der Waals surface area contributed by atoms with Crippen LogP contribution in [0.4, 0.5) is 0 Å². The van der Waals surface area contributed by atoms with E-state index in [4.69, 9.17) is 0 Å². The molecular weight excluding hydrogens is 242 g/mol. The van der Waals surface area contributed by atoms with Gasteiger partial charge in [-0.25, -0.2) is 0 Å². The van der Waals surface area contributed by atoms with E-state index in [0.717, 1.165) is 28.7 Å². The summed E-state index contributed by atoms with van der Waals surface area (Å²) in [5, 5.41) is 1.14. The summed E-state index contributed by atoms with van der Waals surface area (Å²) in [6.07, 6.45) is 9.53. The lowest BCUT2D eigenvalue weighted by atomic mass is 9.85. The summed E-state index contributed by atoms with van der Waals surface area (Å²) < 4.78 is 1.18. The van der Waals surface area contributed by atoms with Gasteiger partial charge in [0.05, 0.1) is 4.88 Å². The average Bonchev–Trinajstić information content (AvgIpc) is 2.77. The molecule has 0 unspecified atom stereocenters. The zero-order chi connectivity index (χ0) is 12.5. The molecule has 0 radical (unpaired) electrons. The van der Waals surface area contributed by atoms with Crippen molar-refractivity contribution in [3.05, 3.63) is 28.9 Å². The minimum atomic E-state index is 0.262. The Bertz CT molecular complexity index is 581. The number of aromatic nitrogens is 1. The minimum Gasteiger partial charge on any atom is -0.293 e. The van der Waals surface area contributed by atoms with Gasteiger partial charge >= 0.3 is 0 Å². The molecule has 2 heterocycles. The van der Waals surface area contributed by atoms with Gasteiger partial charge < -0.3 is 0 Å². The van der Waals surface area contributed by atoms with Crippen molar-refractivity contribution in [1.82, 2.24) is 4.98 Å². The molecule has 1 aliphatic carbocycles. The molecule has 0 atom stereocenters. The van der Waals surface area contributed by atoms with Gasteiger partial charge in [-0.3, -0.25) is 9.78 Å². The number of carbonyl (C=O) groups excluding carboxylic acids is 1. The largest absolute Gasteiger partial charge is 0.293 e. The van der Waals surface area contributed by atoms with Gasteiger partial charge in [-0.2, -0.15) is 0 Å². The molecular formula is C15H17NOS. The maximum Gasteiger partial charge on any atom is 0.176 e. The number of hydrogen-bond acceptors (Lipinski definition) is 3. The van der Waals surface area contributed by atoms with E-state index in [1.54, 1.807) is 17.5 Å². The molecule has 1 saturated carbocycles. The predicted molar refractivity (Wildman–Crippen MR) is 75.3 cm³/mol. The SMILES string of the molecule is Cc1c(C(=O)C2CCCCC2)sc2ccncc12. The van der Waals surface area contributed by atoms with E-state index in [-0.39, 0.29) is 5.92 Å². The van der Waals surface area contributed by atoms with Crippen molar-refractivity contribution < 1.29 is 4.79 Å². The molecule has 1 fully saturated rings. The lowest BCUT2D eigenvalue weighted by Gasteiger charge is -2.19. The summed E-state index contributed by atoms with van der Waals surface area (Å²) in [5.41, 5.74) is 1.12. The van der Waals surface area contributed by atoms with Crippen molar-refractivity contribution in [3.63, 3.8) is 0 Å². The van der Waals surface area contributed by atoms with Gasteiger partial charge in [-0.1, -0.05) is 19.3 Å². The fourth-order valence-corrected chi connectivity index (χ4v) is 4.04. The van der Waals surface area contributed by atoms with E-state index in [2.05, 4.69) is 11.9 Å². The zero-order valence-electron chi connectivity index (χ0n) is 10.6. The summed E-state index contributed by atoms with van der Waals surface area (Å²) in [7, 11) is 0. The fraction of sp³-hybridized carbons (Fsp3) is 0.467. The maximum absolute atomic E-state index is 12.6. The van der Waals surface area contributed by atoms with Crippen LogP contribution in [-0.2, 0) is 0 Å². The number of ketones is 1. The Balaban J connectivity index is 1.98. The van der Waals surface area contributed by atoms with Crippen molar-refractivity contribution in [2.24, 2.45) is 5.92 Å². The molecule has 2 aromatic heterocycles. The van der Waals surface area contributed by atoms with Crippen LogP contribution < -0.4 is 0 Å². The first-order valence-electron chi connectivity index (χ1n) is 6.64. The number of carbonyl (C=O) groups is 1. The van der Waals surface area contributed by atoms with Crippen molar-refractivity contribution in [2.75, 3.05) is 0 Å². The predicted octanol–water partition coefficient (Wildman–Crippen LogP) is 4.37. The van der Waals surface area contributed by atoms with Crippen LogP contribution in [0.1, 0.15) is 47.3 Å². The highest BCUT2D eigenvalue weighted by atomic mass is 32.1.